The topological polar surface area (TPSA) is 91.2 Å². The number of nitriles is 1. The number of aryl methyl sites for hydroxylation is 1. The highest BCUT2D eigenvalue weighted by atomic mass is 35.5. The second-order valence-electron chi connectivity index (χ2n) is 7.53. The van der Waals surface area contributed by atoms with Crippen LogP contribution in [0.3, 0.4) is 0 Å². The first kappa shape index (κ1) is 26.1. The van der Waals surface area contributed by atoms with Gasteiger partial charge in [-0.2, -0.15) is 5.26 Å². The SMILES string of the molecule is Cc1cccc(NC(=O)COc2c(Cl)cc(/C=C(/C#N)C(=O)Nc3cccc(Cl)c3)cc2Cl)c1C. The molecule has 0 aromatic heterocycles. The Kier molecular flexibility index (Phi) is 8.78. The van der Waals surface area contributed by atoms with Gasteiger partial charge in [-0.1, -0.05) is 53.0 Å². The lowest BCUT2D eigenvalue weighted by molar-refractivity contribution is -0.118. The van der Waals surface area contributed by atoms with Crippen molar-refractivity contribution in [3.63, 3.8) is 0 Å². The van der Waals surface area contributed by atoms with Crippen molar-refractivity contribution in [2.75, 3.05) is 17.2 Å². The van der Waals surface area contributed by atoms with Crippen molar-refractivity contribution in [1.82, 2.24) is 0 Å². The number of rotatable bonds is 7. The number of amides is 2. The maximum atomic E-state index is 12.5. The fourth-order valence-electron chi connectivity index (χ4n) is 3.09. The van der Waals surface area contributed by atoms with Gasteiger partial charge in [0.15, 0.2) is 12.4 Å². The van der Waals surface area contributed by atoms with Crippen LogP contribution in [0.15, 0.2) is 60.2 Å². The zero-order valence-electron chi connectivity index (χ0n) is 18.8. The summed E-state index contributed by atoms with van der Waals surface area (Å²) in [6.07, 6.45) is 1.34. The maximum absolute atomic E-state index is 12.5. The predicted octanol–water partition coefficient (Wildman–Crippen LogP) is 6.83. The summed E-state index contributed by atoms with van der Waals surface area (Å²) in [5, 5.41) is 15.5. The molecule has 0 saturated heterocycles. The highest BCUT2D eigenvalue weighted by molar-refractivity contribution is 6.37. The molecule has 178 valence electrons. The lowest BCUT2D eigenvalue weighted by atomic mass is 10.1. The number of anilines is 2. The van der Waals surface area contributed by atoms with Gasteiger partial charge in [-0.15, -0.1) is 0 Å². The van der Waals surface area contributed by atoms with Gasteiger partial charge < -0.3 is 15.4 Å². The van der Waals surface area contributed by atoms with Gasteiger partial charge >= 0.3 is 0 Å². The van der Waals surface area contributed by atoms with Crippen LogP contribution < -0.4 is 15.4 Å². The first-order valence-corrected chi connectivity index (χ1v) is 11.5. The van der Waals surface area contributed by atoms with Crippen LogP contribution >= 0.6 is 34.8 Å². The molecule has 2 amide bonds. The third kappa shape index (κ3) is 7.00. The highest BCUT2D eigenvalue weighted by Gasteiger charge is 2.15. The van der Waals surface area contributed by atoms with E-state index in [0.717, 1.165) is 11.1 Å². The van der Waals surface area contributed by atoms with E-state index < -0.39 is 5.91 Å². The summed E-state index contributed by atoms with van der Waals surface area (Å²) in [5.74, 6) is -0.881. The molecule has 0 heterocycles. The first-order valence-electron chi connectivity index (χ1n) is 10.3. The van der Waals surface area contributed by atoms with Gasteiger partial charge in [0.05, 0.1) is 10.0 Å². The summed E-state index contributed by atoms with van der Waals surface area (Å²) in [5.41, 5.74) is 3.39. The molecule has 0 radical (unpaired) electrons. The van der Waals surface area contributed by atoms with E-state index in [1.54, 1.807) is 30.3 Å². The number of ether oxygens (including phenoxy) is 1. The molecule has 2 N–H and O–H groups in total. The van der Waals surface area contributed by atoms with Crippen molar-refractivity contribution in [3.8, 4) is 11.8 Å². The van der Waals surface area contributed by atoms with Crippen LogP contribution in [0.2, 0.25) is 15.1 Å². The normalized spacial score (nSPS) is 10.9. The lowest BCUT2D eigenvalue weighted by Crippen LogP contribution is -2.21. The molecular formula is C26H20Cl3N3O3. The van der Waals surface area contributed by atoms with E-state index >= 15 is 0 Å². The number of carbonyl (C=O) groups is 2. The Labute approximate surface area is 218 Å². The van der Waals surface area contributed by atoms with Crippen LogP contribution in [0.25, 0.3) is 6.08 Å². The van der Waals surface area contributed by atoms with Crippen LogP contribution in [-0.4, -0.2) is 18.4 Å². The fourth-order valence-corrected chi connectivity index (χ4v) is 3.89. The Bertz CT molecular complexity index is 1340. The number of hydrogen-bond acceptors (Lipinski definition) is 4. The minimum Gasteiger partial charge on any atom is -0.481 e. The monoisotopic (exact) mass is 527 g/mol. The summed E-state index contributed by atoms with van der Waals surface area (Å²) in [7, 11) is 0. The van der Waals surface area contributed by atoms with Gasteiger partial charge in [0.1, 0.15) is 11.6 Å². The molecule has 0 bridgehead atoms. The molecule has 0 aliphatic carbocycles. The molecule has 0 aliphatic heterocycles. The van der Waals surface area contributed by atoms with Gasteiger partial charge in [-0.3, -0.25) is 9.59 Å². The minimum absolute atomic E-state index is 0.114. The van der Waals surface area contributed by atoms with Crippen LogP contribution in [0.5, 0.6) is 5.75 Å². The maximum Gasteiger partial charge on any atom is 0.266 e. The molecule has 3 rings (SSSR count). The third-order valence-corrected chi connectivity index (χ3v) is 5.80. The van der Waals surface area contributed by atoms with Crippen LogP contribution in [0.4, 0.5) is 11.4 Å². The number of nitrogens with one attached hydrogen (secondary N) is 2. The van der Waals surface area contributed by atoms with Crippen LogP contribution in [0.1, 0.15) is 16.7 Å². The molecule has 0 aliphatic rings. The van der Waals surface area contributed by atoms with E-state index in [2.05, 4.69) is 10.6 Å². The molecule has 35 heavy (non-hydrogen) atoms. The summed E-state index contributed by atoms with van der Waals surface area (Å²) >= 11 is 18.5. The molecule has 0 saturated carbocycles. The summed E-state index contributed by atoms with van der Waals surface area (Å²) in [4.78, 5) is 24.8. The van der Waals surface area contributed by atoms with E-state index in [1.165, 1.54) is 18.2 Å². The lowest BCUT2D eigenvalue weighted by Gasteiger charge is -2.13. The first-order chi connectivity index (χ1) is 16.7. The van der Waals surface area contributed by atoms with Gasteiger partial charge in [-0.05, 0) is 73.0 Å². The van der Waals surface area contributed by atoms with E-state index in [1.807, 2.05) is 32.0 Å². The fraction of sp³-hybridized carbons (Fsp3) is 0.115. The van der Waals surface area contributed by atoms with Gasteiger partial charge in [0.2, 0.25) is 0 Å². The largest absolute Gasteiger partial charge is 0.481 e. The van der Waals surface area contributed by atoms with Gasteiger partial charge in [0, 0.05) is 16.4 Å². The molecule has 0 atom stereocenters. The number of benzene rings is 3. The molecule has 0 fully saturated rings. The van der Waals surface area contributed by atoms with Crippen molar-refractivity contribution in [2.24, 2.45) is 0 Å². The summed E-state index contributed by atoms with van der Waals surface area (Å²) in [6, 6.07) is 17.0. The second kappa shape index (κ2) is 11.8. The van der Waals surface area contributed by atoms with E-state index in [9.17, 15) is 14.9 Å². The van der Waals surface area contributed by atoms with Crippen molar-refractivity contribution >= 4 is 64.1 Å². The highest BCUT2D eigenvalue weighted by Crippen LogP contribution is 2.35. The van der Waals surface area contributed by atoms with Crippen LogP contribution in [-0.2, 0) is 9.59 Å². The van der Waals surface area contributed by atoms with Crippen molar-refractivity contribution in [3.05, 3.63) is 91.9 Å². The Morgan fingerprint density at radius 1 is 1.00 bits per heavy atom. The second-order valence-corrected chi connectivity index (χ2v) is 8.78. The van der Waals surface area contributed by atoms with Crippen LogP contribution in [0, 0.1) is 25.2 Å². The zero-order chi connectivity index (χ0) is 25.5. The average Bonchev–Trinajstić information content (AvgIpc) is 2.80. The quantitative estimate of drug-likeness (QED) is 0.260. The Balaban J connectivity index is 1.70. The third-order valence-electron chi connectivity index (χ3n) is 5.01. The molecule has 3 aromatic carbocycles. The molecule has 0 unspecified atom stereocenters. The number of hydrogen-bond donors (Lipinski definition) is 2. The van der Waals surface area contributed by atoms with Crippen molar-refractivity contribution in [2.45, 2.75) is 13.8 Å². The van der Waals surface area contributed by atoms with E-state index in [-0.39, 0.29) is 33.9 Å². The number of carbonyl (C=O) groups excluding carboxylic acids is 2. The number of halogens is 3. The Morgan fingerprint density at radius 3 is 2.34 bits per heavy atom. The average molecular weight is 529 g/mol. The molecule has 6 nitrogen and oxygen atoms in total. The molecule has 0 spiro atoms. The van der Waals surface area contributed by atoms with Crippen molar-refractivity contribution < 1.29 is 14.3 Å². The molecule has 9 heteroatoms. The summed E-state index contributed by atoms with van der Waals surface area (Å²) in [6.45, 7) is 3.56. The zero-order valence-corrected chi connectivity index (χ0v) is 21.1. The Hall–Kier alpha value is -3.50. The molecule has 3 aromatic rings. The number of nitrogens with zero attached hydrogens (tertiary/aromatic N) is 1. The smallest absolute Gasteiger partial charge is 0.266 e. The van der Waals surface area contributed by atoms with Gasteiger partial charge in [-0.25, -0.2) is 0 Å². The van der Waals surface area contributed by atoms with Crippen molar-refractivity contribution in [1.29, 1.82) is 5.26 Å². The molecular weight excluding hydrogens is 509 g/mol. The standard InChI is InChI=1S/C26H20Cl3N3O3/c1-15-5-3-8-23(16(15)2)32-24(33)14-35-25-21(28)10-17(11-22(25)29)9-18(13-30)26(34)31-20-7-4-6-19(27)12-20/h3-12H,14H2,1-2H3,(H,31,34)(H,32,33)/b18-9-. The predicted molar refractivity (Wildman–Crippen MR) is 140 cm³/mol. The summed E-state index contributed by atoms with van der Waals surface area (Å²) < 4.78 is 5.54. The van der Waals surface area contributed by atoms with Gasteiger partial charge in [0.25, 0.3) is 11.8 Å². The van der Waals surface area contributed by atoms with E-state index in [0.29, 0.717) is 22.0 Å². The van der Waals surface area contributed by atoms with E-state index in [4.69, 9.17) is 39.5 Å². The Morgan fingerprint density at radius 2 is 1.69 bits per heavy atom. The minimum atomic E-state index is -0.620.